The minimum absolute atomic E-state index is 0.105. The Morgan fingerprint density at radius 1 is 1.07 bits per heavy atom. The van der Waals surface area contributed by atoms with E-state index in [-0.39, 0.29) is 27.7 Å². The zero-order valence-corrected chi connectivity index (χ0v) is 16.4. The van der Waals surface area contributed by atoms with E-state index in [4.69, 9.17) is 17.0 Å². The minimum atomic E-state index is -0.613. The number of nitrogens with zero attached hydrogens (tertiary/aromatic N) is 1. The largest absolute Gasteiger partial charge is 0.484 e. The molecule has 2 aromatic rings. The Labute approximate surface area is 175 Å². The first-order valence-corrected chi connectivity index (χ1v) is 8.66. The van der Waals surface area contributed by atoms with Gasteiger partial charge < -0.3 is 9.47 Å². The van der Waals surface area contributed by atoms with Gasteiger partial charge in [-0.3, -0.25) is 35.9 Å². The topological polar surface area (TPSA) is 149 Å². The van der Waals surface area contributed by atoms with Crippen molar-refractivity contribution < 1.29 is 28.8 Å². The highest BCUT2D eigenvalue weighted by Gasteiger charge is 2.12. The molecule has 0 aliphatic rings. The molecule has 3 N–H and O–H groups in total. The zero-order chi connectivity index (χ0) is 22.1. The number of esters is 1. The molecular weight excluding hydrogens is 416 g/mol. The Bertz CT molecular complexity index is 979. The number of ether oxygens (including phenoxy) is 2. The molecule has 2 rings (SSSR count). The molecule has 2 amide bonds. The fraction of sp³-hybridized carbons (Fsp3) is 0.111. The third-order valence-electron chi connectivity index (χ3n) is 3.51. The molecule has 11 nitrogen and oxygen atoms in total. The van der Waals surface area contributed by atoms with E-state index in [9.17, 15) is 24.5 Å². The number of amides is 2. The lowest BCUT2D eigenvalue weighted by molar-refractivity contribution is -0.384. The van der Waals surface area contributed by atoms with Gasteiger partial charge in [0, 0.05) is 17.7 Å². The standard InChI is InChI=1S/C18H16N4O7S/c1-28-17(25)12-4-2-3-11(9-12)16(24)19-18(30)21-20-15(23)10-29-14-7-5-13(6-8-14)22(26)27/h2-9H,10H2,1H3,(H,20,23)(H2,19,21,24,30). The monoisotopic (exact) mass is 432 g/mol. The molecule has 0 spiro atoms. The van der Waals surface area contributed by atoms with Crippen LogP contribution in [0.3, 0.4) is 0 Å². The predicted molar refractivity (Wildman–Crippen MR) is 108 cm³/mol. The van der Waals surface area contributed by atoms with Gasteiger partial charge in [0.15, 0.2) is 11.7 Å². The molecule has 0 aromatic heterocycles. The van der Waals surface area contributed by atoms with Crippen molar-refractivity contribution in [3.8, 4) is 5.75 Å². The van der Waals surface area contributed by atoms with Crippen LogP contribution in [0.1, 0.15) is 20.7 Å². The van der Waals surface area contributed by atoms with Crippen molar-refractivity contribution in [1.29, 1.82) is 0 Å². The molecule has 30 heavy (non-hydrogen) atoms. The van der Waals surface area contributed by atoms with Crippen molar-refractivity contribution in [2.24, 2.45) is 0 Å². The number of nitro groups is 1. The molecule has 0 saturated heterocycles. The average Bonchev–Trinajstić information content (AvgIpc) is 2.76. The summed E-state index contributed by atoms with van der Waals surface area (Å²) < 4.78 is 9.77. The second kappa shape index (κ2) is 10.5. The maximum Gasteiger partial charge on any atom is 0.337 e. The summed E-state index contributed by atoms with van der Waals surface area (Å²) in [6.07, 6.45) is 0. The molecule has 0 aliphatic heterocycles. The Balaban J connectivity index is 1.78. The van der Waals surface area contributed by atoms with Crippen LogP contribution in [0.5, 0.6) is 5.75 Å². The molecule has 0 fully saturated rings. The molecule has 12 heteroatoms. The molecule has 0 atom stereocenters. The van der Waals surface area contributed by atoms with Crippen molar-refractivity contribution in [3.63, 3.8) is 0 Å². The molecule has 2 aromatic carbocycles. The van der Waals surface area contributed by atoms with Crippen LogP contribution in [-0.2, 0) is 9.53 Å². The third-order valence-corrected chi connectivity index (χ3v) is 3.71. The number of rotatable bonds is 6. The van der Waals surface area contributed by atoms with Crippen LogP contribution in [0, 0.1) is 10.1 Å². The smallest absolute Gasteiger partial charge is 0.337 e. The van der Waals surface area contributed by atoms with Crippen LogP contribution in [0.2, 0.25) is 0 Å². The fourth-order valence-electron chi connectivity index (χ4n) is 2.09. The van der Waals surface area contributed by atoms with Crippen molar-refractivity contribution >= 4 is 40.8 Å². The van der Waals surface area contributed by atoms with Crippen LogP contribution >= 0.6 is 12.2 Å². The molecule has 0 heterocycles. The summed E-state index contributed by atoms with van der Waals surface area (Å²) >= 11 is 4.92. The lowest BCUT2D eigenvalue weighted by Gasteiger charge is -2.11. The van der Waals surface area contributed by atoms with E-state index in [1.807, 2.05) is 0 Å². The summed E-state index contributed by atoms with van der Waals surface area (Å²) in [7, 11) is 1.22. The molecule has 0 bridgehead atoms. The minimum Gasteiger partial charge on any atom is -0.484 e. The highest BCUT2D eigenvalue weighted by molar-refractivity contribution is 7.80. The molecule has 156 valence electrons. The van der Waals surface area contributed by atoms with Gasteiger partial charge in [0.2, 0.25) is 0 Å². The van der Waals surface area contributed by atoms with Gasteiger partial charge in [0.1, 0.15) is 5.75 Å². The number of nitrogens with one attached hydrogen (secondary N) is 3. The first kappa shape index (κ1) is 22.2. The third kappa shape index (κ3) is 6.53. The molecular formula is C18H16N4O7S. The molecule has 0 saturated carbocycles. The first-order valence-electron chi connectivity index (χ1n) is 8.26. The van der Waals surface area contributed by atoms with E-state index in [0.717, 1.165) is 0 Å². The number of thiocarbonyl (C=S) groups is 1. The number of methoxy groups -OCH3 is 1. The fourth-order valence-corrected chi connectivity index (χ4v) is 2.23. The van der Waals surface area contributed by atoms with Gasteiger partial charge in [0.05, 0.1) is 17.6 Å². The van der Waals surface area contributed by atoms with Crippen molar-refractivity contribution in [1.82, 2.24) is 16.2 Å². The predicted octanol–water partition coefficient (Wildman–Crippen LogP) is 1.10. The number of hydrazine groups is 1. The second-order valence-corrected chi connectivity index (χ2v) is 5.98. The maximum absolute atomic E-state index is 12.2. The molecule has 0 radical (unpaired) electrons. The highest BCUT2D eigenvalue weighted by atomic mass is 32.1. The van der Waals surface area contributed by atoms with Crippen LogP contribution in [0.15, 0.2) is 48.5 Å². The van der Waals surface area contributed by atoms with E-state index in [2.05, 4.69) is 20.9 Å². The lowest BCUT2D eigenvalue weighted by atomic mass is 10.1. The summed E-state index contributed by atoms with van der Waals surface area (Å²) in [5.41, 5.74) is 4.81. The quantitative estimate of drug-likeness (QED) is 0.264. The van der Waals surface area contributed by atoms with Gasteiger partial charge in [-0.25, -0.2) is 4.79 Å². The van der Waals surface area contributed by atoms with Crippen molar-refractivity contribution in [3.05, 3.63) is 69.8 Å². The van der Waals surface area contributed by atoms with Gasteiger partial charge in [-0.15, -0.1) is 0 Å². The van der Waals surface area contributed by atoms with Crippen LogP contribution in [0.4, 0.5) is 5.69 Å². The maximum atomic E-state index is 12.2. The van der Waals surface area contributed by atoms with Gasteiger partial charge in [-0.05, 0) is 42.5 Å². The van der Waals surface area contributed by atoms with Crippen LogP contribution in [-0.4, -0.2) is 41.5 Å². The van der Waals surface area contributed by atoms with E-state index in [0.29, 0.717) is 0 Å². The number of carbonyl (C=O) groups excluding carboxylic acids is 3. The number of carbonyl (C=O) groups is 3. The number of hydrogen-bond acceptors (Lipinski definition) is 8. The zero-order valence-electron chi connectivity index (χ0n) is 15.5. The summed E-state index contributed by atoms with van der Waals surface area (Å²) in [5, 5.41) is 12.7. The van der Waals surface area contributed by atoms with Crippen LogP contribution < -0.4 is 20.9 Å². The van der Waals surface area contributed by atoms with Gasteiger partial charge >= 0.3 is 5.97 Å². The molecule has 0 unspecified atom stereocenters. The van der Waals surface area contributed by atoms with E-state index in [1.54, 1.807) is 0 Å². The number of hydrogen-bond donors (Lipinski definition) is 3. The van der Waals surface area contributed by atoms with Crippen LogP contribution in [0.25, 0.3) is 0 Å². The molecule has 0 aliphatic carbocycles. The SMILES string of the molecule is COC(=O)c1cccc(C(=O)NC(=S)NNC(=O)COc2ccc([N+](=O)[O-])cc2)c1. The normalized spacial score (nSPS) is 9.77. The number of non-ortho nitro benzene ring substituents is 1. The number of benzene rings is 2. The lowest BCUT2D eigenvalue weighted by Crippen LogP contribution is -2.49. The Morgan fingerprint density at radius 3 is 2.37 bits per heavy atom. The summed E-state index contributed by atoms with van der Waals surface area (Å²) in [6, 6.07) is 11.0. The first-order chi connectivity index (χ1) is 14.3. The van der Waals surface area contributed by atoms with Gasteiger partial charge in [0.25, 0.3) is 17.5 Å². The van der Waals surface area contributed by atoms with E-state index >= 15 is 0 Å². The summed E-state index contributed by atoms with van der Waals surface area (Å²) in [5.74, 6) is -1.55. The average molecular weight is 432 g/mol. The Kier molecular flexibility index (Phi) is 7.76. The highest BCUT2D eigenvalue weighted by Crippen LogP contribution is 2.17. The van der Waals surface area contributed by atoms with Crippen molar-refractivity contribution in [2.75, 3.05) is 13.7 Å². The summed E-state index contributed by atoms with van der Waals surface area (Å²) in [6.45, 7) is -0.400. The van der Waals surface area contributed by atoms with Gasteiger partial charge in [-0.2, -0.15) is 0 Å². The van der Waals surface area contributed by atoms with E-state index < -0.39 is 29.3 Å². The number of nitro benzene ring substituents is 1. The van der Waals surface area contributed by atoms with Gasteiger partial charge in [-0.1, -0.05) is 6.07 Å². The Hall–Kier alpha value is -4.06. The van der Waals surface area contributed by atoms with Crippen molar-refractivity contribution in [2.45, 2.75) is 0 Å². The summed E-state index contributed by atoms with van der Waals surface area (Å²) in [4.78, 5) is 45.5. The Morgan fingerprint density at radius 2 is 1.73 bits per heavy atom. The van der Waals surface area contributed by atoms with E-state index in [1.165, 1.54) is 55.6 Å². The second-order valence-electron chi connectivity index (χ2n) is 5.57.